The Morgan fingerprint density at radius 3 is 2.05 bits per heavy atom. The highest BCUT2D eigenvalue weighted by Gasteiger charge is 2.15. The van der Waals surface area contributed by atoms with E-state index in [0.29, 0.717) is 13.2 Å². The van der Waals surface area contributed by atoms with E-state index in [1.165, 1.54) is 5.56 Å². The van der Waals surface area contributed by atoms with E-state index in [4.69, 9.17) is 4.74 Å². The minimum atomic E-state index is -0.664. The second-order valence-electron chi connectivity index (χ2n) is 7.17. The highest BCUT2D eigenvalue weighted by Crippen LogP contribution is 2.24. The lowest BCUT2D eigenvalue weighted by molar-refractivity contribution is 0.0411. The Morgan fingerprint density at radius 2 is 1.60 bits per heavy atom. The quantitative estimate of drug-likeness (QED) is 0.868. The smallest absolute Gasteiger partial charge is 0.119 e. The number of aliphatic hydroxyl groups is 1. The third kappa shape index (κ3) is 6.40. The van der Waals surface area contributed by atoms with Gasteiger partial charge in [0, 0.05) is 13.1 Å². The molecule has 0 saturated heterocycles. The lowest BCUT2D eigenvalue weighted by atomic mass is 9.87. The molecule has 0 aliphatic carbocycles. The predicted octanol–water partition coefficient (Wildman–Crippen LogP) is 3.07. The molecular weight excluding hydrogens is 250 g/mol. The van der Waals surface area contributed by atoms with Crippen molar-refractivity contribution in [1.82, 2.24) is 4.90 Å². The van der Waals surface area contributed by atoms with Crippen LogP contribution in [0.1, 0.15) is 40.2 Å². The van der Waals surface area contributed by atoms with Crippen molar-refractivity contribution in [3.63, 3.8) is 0 Å². The van der Waals surface area contributed by atoms with Gasteiger partial charge in [-0.2, -0.15) is 0 Å². The van der Waals surface area contributed by atoms with Crippen LogP contribution >= 0.6 is 0 Å². The van der Waals surface area contributed by atoms with Crippen LogP contribution in [0.5, 0.6) is 5.75 Å². The van der Waals surface area contributed by atoms with Crippen LogP contribution in [0.15, 0.2) is 24.3 Å². The molecule has 0 fully saturated rings. The molecule has 3 heteroatoms. The van der Waals surface area contributed by atoms with Crippen molar-refractivity contribution in [3.05, 3.63) is 29.8 Å². The van der Waals surface area contributed by atoms with Crippen LogP contribution in [0, 0.1) is 0 Å². The maximum absolute atomic E-state index is 9.73. The zero-order chi connectivity index (χ0) is 15.4. The van der Waals surface area contributed by atoms with Gasteiger partial charge in [-0.25, -0.2) is 0 Å². The van der Waals surface area contributed by atoms with E-state index in [0.717, 1.165) is 12.3 Å². The summed E-state index contributed by atoms with van der Waals surface area (Å²) in [7, 11) is 1.99. The minimum absolute atomic E-state index is 0.172. The Kier molecular flexibility index (Phi) is 5.60. The molecule has 1 rings (SSSR count). The number of benzene rings is 1. The van der Waals surface area contributed by atoms with Crippen LogP contribution in [0.3, 0.4) is 0 Å². The first-order chi connectivity index (χ1) is 9.08. The number of rotatable bonds is 6. The number of hydrogen-bond donors (Lipinski definition) is 1. The van der Waals surface area contributed by atoms with Gasteiger partial charge in [0.05, 0.1) is 5.60 Å². The Morgan fingerprint density at radius 1 is 1.05 bits per heavy atom. The van der Waals surface area contributed by atoms with Gasteiger partial charge < -0.3 is 14.7 Å². The van der Waals surface area contributed by atoms with Crippen molar-refractivity contribution in [1.29, 1.82) is 0 Å². The minimum Gasteiger partial charge on any atom is -0.492 e. The van der Waals surface area contributed by atoms with Crippen LogP contribution in [-0.2, 0) is 5.41 Å². The van der Waals surface area contributed by atoms with Crippen LogP contribution in [-0.4, -0.2) is 42.4 Å². The second-order valence-corrected chi connectivity index (χ2v) is 7.17. The zero-order valence-corrected chi connectivity index (χ0v) is 13.7. The van der Waals surface area contributed by atoms with Gasteiger partial charge in [0.25, 0.3) is 0 Å². The molecule has 3 nitrogen and oxygen atoms in total. The average molecular weight is 279 g/mol. The third-order valence-corrected chi connectivity index (χ3v) is 3.12. The van der Waals surface area contributed by atoms with Crippen molar-refractivity contribution < 1.29 is 9.84 Å². The standard InChI is InChI=1S/C17H29NO2/c1-16(2,3)14-7-9-15(10-8-14)20-12-11-18(6)13-17(4,5)19/h7-10,19H,11-13H2,1-6H3. The Bertz CT molecular complexity index is 398. The van der Waals surface area contributed by atoms with Gasteiger partial charge in [-0.15, -0.1) is 0 Å². The number of likely N-dealkylation sites (N-methyl/N-ethyl adjacent to an activating group) is 1. The fraction of sp³-hybridized carbons (Fsp3) is 0.647. The van der Waals surface area contributed by atoms with Gasteiger partial charge in [0.1, 0.15) is 12.4 Å². The third-order valence-electron chi connectivity index (χ3n) is 3.12. The normalized spacial score (nSPS) is 12.8. The largest absolute Gasteiger partial charge is 0.492 e. The Labute approximate surface area is 123 Å². The van der Waals surface area contributed by atoms with E-state index in [1.807, 2.05) is 33.0 Å². The number of ether oxygens (including phenoxy) is 1. The van der Waals surface area contributed by atoms with Gasteiger partial charge >= 0.3 is 0 Å². The Hall–Kier alpha value is -1.06. The molecular formula is C17H29NO2. The predicted molar refractivity (Wildman–Crippen MR) is 84.4 cm³/mol. The summed E-state index contributed by atoms with van der Waals surface area (Å²) in [5.74, 6) is 0.898. The van der Waals surface area contributed by atoms with Crippen LogP contribution in [0.2, 0.25) is 0 Å². The van der Waals surface area contributed by atoms with Crippen molar-refractivity contribution in [2.75, 3.05) is 26.7 Å². The molecule has 114 valence electrons. The summed E-state index contributed by atoms with van der Waals surface area (Å²) in [6, 6.07) is 8.29. The van der Waals surface area contributed by atoms with E-state index in [2.05, 4.69) is 37.8 Å². The van der Waals surface area contributed by atoms with Gasteiger partial charge in [-0.05, 0) is 44.0 Å². The summed E-state index contributed by atoms with van der Waals surface area (Å²) in [6.07, 6.45) is 0. The van der Waals surface area contributed by atoms with Gasteiger partial charge in [0.2, 0.25) is 0 Å². The maximum atomic E-state index is 9.73. The summed E-state index contributed by atoms with van der Waals surface area (Å²) < 4.78 is 5.74. The summed E-state index contributed by atoms with van der Waals surface area (Å²) >= 11 is 0. The van der Waals surface area contributed by atoms with Crippen molar-refractivity contribution >= 4 is 0 Å². The first-order valence-corrected chi connectivity index (χ1v) is 7.22. The molecule has 0 spiro atoms. The summed E-state index contributed by atoms with van der Waals surface area (Å²) in [4.78, 5) is 2.07. The van der Waals surface area contributed by atoms with E-state index >= 15 is 0 Å². The molecule has 1 aromatic carbocycles. The molecule has 0 radical (unpaired) electrons. The van der Waals surface area contributed by atoms with Crippen molar-refractivity contribution in [3.8, 4) is 5.75 Å². The highest BCUT2D eigenvalue weighted by molar-refractivity contribution is 5.31. The van der Waals surface area contributed by atoms with Gasteiger partial charge in [0.15, 0.2) is 0 Å². The number of nitrogens with zero attached hydrogens (tertiary/aromatic N) is 1. The molecule has 0 aliphatic rings. The molecule has 1 N–H and O–H groups in total. The summed E-state index contributed by atoms with van der Waals surface area (Å²) in [5, 5.41) is 9.73. The molecule has 0 saturated carbocycles. The van der Waals surface area contributed by atoms with Crippen molar-refractivity contribution in [2.45, 2.75) is 45.6 Å². The van der Waals surface area contributed by atoms with Gasteiger partial charge in [-0.1, -0.05) is 32.9 Å². The zero-order valence-electron chi connectivity index (χ0n) is 13.7. The molecule has 0 heterocycles. The topological polar surface area (TPSA) is 32.7 Å². The van der Waals surface area contributed by atoms with Crippen molar-refractivity contribution in [2.24, 2.45) is 0 Å². The fourth-order valence-electron chi connectivity index (χ4n) is 2.11. The van der Waals surface area contributed by atoms with Crippen LogP contribution < -0.4 is 4.74 Å². The average Bonchev–Trinajstić information content (AvgIpc) is 2.26. The molecule has 0 aliphatic heterocycles. The first kappa shape index (κ1) is 17.0. The SMILES string of the molecule is CN(CCOc1ccc(C(C)(C)C)cc1)CC(C)(C)O. The first-order valence-electron chi connectivity index (χ1n) is 7.22. The summed E-state index contributed by atoms with van der Waals surface area (Å²) in [5.41, 5.74) is 0.818. The van der Waals surface area contributed by atoms with Crippen LogP contribution in [0.4, 0.5) is 0 Å². The van der Waals surface area contributed by atoms with E-state index in [-0.39, 0.29) is 5.41 Å². The lowest BCUT2D eigenvalue weighted by Crippen LogP contribution is -2.38. The molecule has 0 amide bonds. The molecule has 0 aromatic heterocycles. The monoisotopic (exact) mass is 279 g/mol. The van der Waals surface area contributed by atoms with Crippen LogP contribution in [0.25, 0.3) is 0 Å². The Balaban J connectivity index is 2.39. The lowest BCUT2D eigenvalue weighted by Gasteiger charge is -2.25. The molecule has 0 bridgehead atoms. The van der Waals surface area contributed by atoms with E-state index in [9.17, 15) is 5.11 Å². The molecule has 1 aromatic rings. The summed E-state index contributed by atoms with van der Waals surface area (Å²) in [6.45, 7) is 12.3. The number of hydrogen-bond acceptors (Lipinski definition) is 3. The molecule has 0 atom stereocenters. The fourth-order valence-corrected chi connectivity index (χ4v) is 2.11. The highest BCUT2D eigenvalue weighted by atomic mass is 16.5. The van der Waals surface area contributed by atoms with E-state index < -0.39 is 5.60 Å². The van der Waals surface area contributed by atoms with E-state index in [1.54, 1.807) is 0 Å². The van der Waals surface area contributed by atoms with Gasteiger partial charge in [-0.3, -0.25) is 0 Å². The molecule has 20 heavy (non-hydrogen) atoms. The maximum Gasteiger partial charge on any atom is 0.119 e. The second kappa shape index (κ2) is 6.59. The molecule has 0 unspecified atom stereocenters.